The summed E-state index contributed by atoms with van der Waals surface area (Å²) in [4.78, 5) is 5.22. The minimum atomic E-state index is 1.11. The molecule has 1 heterocycles. The molecule has 1 aliphatic heterocycles. The van der Waals surface area contributed by atoms with Crippen molar-refractivity contribution in [3.05, 3.63) is 70.8 Å². The van der Waals surface area contributed by atoms with Crippen molar-refractivity contribution in [2.24, 2.45) is 0 Å². The topological polar surface area (TPSA) is 18.5 Å². The third-order valence-corrected chi connectivity index (χ3v) is 6.99. The molecule has 0 saturated carbocycles. The third kappa shape index (κ3) is 6.87. The van der Waals surface area contributed by atoms with Crippen LogP contribution in [-0.4, -0.2) is 44.7 Å². The van der Waals surface area contributed by atoms with Crippen LogP contribution in [-0.2, 0) is 12.8 Å². The van der Waals surface area contributed by atoms with Gasteiger partial charge in [0.05, 0.1) is 0 Å². The van der Waals surface area contributed by atoms with E-state index in [1.54, 1.807) is 0 Å². The number of allylic oxidation sites excluding steroid dienone is 2. The summed E-state index contributed by atoms with van der Waals surface area (Å²) in [5.41, 5.74) is 8.45. The van der Waals surface area contributed by atoms with Crippen LogP contribution >= 0.6 is 0 Å². The van der Waals surface area contributed by atoms with Gasteiger partial charge < -0.3 is 10.2 Å². The van der Waals surface area contributed by atoms with Crippen LogP contribution < -0.4 is 10.2 Å². The summed E-state index contributed by atoms with van der Waals surface area (Å²) < 4.78 is 0. The van der Waals surface area contributed by atoms with Crippen molar-refractivity contribution in [2.75, 3.05) is 50.0 Å². The molecule has 1 aliphatic rings. The lowest BCUT2D eigenvalue weighted by Crippen LogP contribution is -2.46. The molecule has 0 bridgehead atoms. The highest BCUT2D eigenvalue weighted by atomic mass is 15.3. The van der Waals surface area contributed by atoms with Gasteiger partial charge >= 0.3 is 0 Å². The summed E-state index contributed by atoms with van der Waals surface area (Å²) in [5.74, 6) is 0. The van der Waals surface area contributed by atoms with Gasteiger partial charge in [0.15, 0.2) is 0 Å². The molecule has 2 aromatic carbocycles. The summed E-state index contributed by atoms with van der Waals surface area (Å²) in [6.07, 6.45) is 11.7. The summed E-state index contributed by atoms with van der Waals surface area (Å²) in [7, 11) is 2.04. The van der Waals surface area contributed by atoms with Crippen LogP contribution in [0.15, 0.2) is 48.6 Å². The van der Waals surface area contributed by atoms with Gasteiger partial charge in [-0.05, 0) is 93.8 Å². The van der Waals surface area contributed by atoms with Gasteiger partial charge in [-0.1, -0.05) is 42.8 Å². The summed E-state index contributed by atoms with van der Waals surface area (Å²) >= 11 is 0. The van der Waals surface area contributed by atoms with Gasteiger partial charge in [0.1, 0.15) is 0 Å². The molecule has 32 heavy (non-hydrogen) atoms. The molecule has 1 fully saturated rings. The molecule has 0 aromatic heterocycles. The Hall–Kier alpha value is -2.26. The van der Waals surface area contributed by atoms with E-state index in [2.05, 4.69) is 84.4 Å². The van der Waals surface area contributed by atoms with Crippen LogP contribution in [0.4, 0.5) is 11.4 Å². The lowest BCUT2D eigenvalue weighted by atomic mass is 10.0. The van der Waals surface area contributed by atoms with Crippen molar-refractivity contribution in [1.82, 2.24) is 4.90 Å². The zero-order valence-electron chi connectivity index (χ0n) is 20.8. The van der Waals surface area contributed by atoms with Crippen LogP contribution in [0, 0.1) is 13.8 Å². The molecule has 0 unspecified atom stereocenters. The fourth-order valence-electron chi connectivity index (χ4n) is 4.77. The van der Waals surface area contributed by atoms with E-state index >= 15 is 0 Å². The molecule has 1 saturated heterocycles. The Balaban J connectivity index is 1.35. The number of aryl methyl sites for hydroxylation is 3. The summed E-state index contributed by atoms with van der Waals surface area (Å²) in [6.45, 7) is 12.5. The van der Waals surface area contributed by atoms with E-state index in [1.165, 1.54) is 78.9 Å². The Morgan fingerprint density at radius 2 is 1.75 bits per heavy atom. The van der Waals surface area contributed by atoms with Crippen LogP contribution in [0.2, 0.25) is 0 Å². The number of anilines is 2. The summed E-state index contributed by atoms with van der Waals surface area (Å²) in [5, 5.41) is 3.39. The van der Waals surface area contributed by atoms with Crippen molar-refractivity contribution in [3.63, 3.8) is 0 Å². The SMILES string of the molecule is C/C=C\CCc1ccc(CCCCCN2CCN(c3cccc(C)c3C)CC2)cc1NC. The van der Waals surface area contributed by atoms with Crippen LogP contribution in [0.1, 0.15) is 54.9 Å². The Labute approximate surface area is 196 Å². The molecule has 0 aliphatic carbocycles. The molecular weight excluding hydrogens is 390 g/mol. The summed E-state index contributed by atoms with van der Waals surface area (Å²) in [6, 6.07) is 13.7. The number of piperazine rings is 1. The fourth-order valence-corrected chi connectivity index (χ4v) is 4.77. The Kier molecular flexibility index (Phi) is 9.67. The van der Waals surface area contributed by atoms with Crippen molar-refractivity contribution < 1.29 is 0 Å². The Morgan fingerprint density at radius 3 is 2.50 bits per heavy atom. The van der Waals surface area contributed by atoms with E-state index in [4.69, 9.17) is 0 Å². The normalized spacial score (nSPS) is 14.9. The predicted molar refractivity (Wildman–Crippen MR) is 141 cm³/mol. The van der Waals surface area contributed by atoms with Gasteiger partial charge in [-0.2, -0.15) is 0 Å². The standard InChI is InChI=1S/C29H43N3/c1-5-6-8-14-27-17-16-26(23-28(27)30-4)13-9-7-10-18-31-19-21-32(22-20-31)29-15-11-12-24(2)25(29)3/h5-6,11-12,15-17,23,30H,7-10,13-14,18-22H2,1-4H3/b6-5-. The molecule has 0 spiro atoms. The van der Waals surface area contributed by atoms with Crippen molar-refractivity contribution in [1.29, 1.82) is 0 Å². The van der Waals surface area contributed by atoms with E-state index < -0.39 is 0 Å². The predicted octanol–water partition coefficient (Wildman–Crippen LogP) is 6.39. The molecule has 0 radical (unpaired) electrons. The largest absolute Gasteiger partial charge is 0.388 e. The number of benzene rings is 2. The Bertz CT molecular complexity index is 863. The first-order valence-electron chi connectivity index (χ1n) is 12.6. The molecule has 2 aromatic rings. The lowest BCUT2D eigenvalue weighted by molar-refractivity contribution is 0.252. The Morgan fingerprint density at radius 1 is 0.938 bits per heavy atom. The minimum absolute atomic E-state index is 1.11. The monoisotopic (exact) mass is 433 g/mol. The maximum atomic E-state index is 3.39. The van der Waals surface area contributed by atoms with E-state index in [-0.39, 0.29) is 0 Å². The molecule has 3 heteroatoms. The molecule has 0 atom stereocenters. The number of hydrogen-bond donors (Lipinski definition) is 1. The first-order valence-corrected chi connectivity index (χ1v) is 12.6. The molecule has 1 N–H and O–H groups in total. The van der Waals surface area contributed by atoms with E-state index in [1.807, 2.05) is 7.05 Å². The second-order valence-corrected chi connectivity index (χ2v) is 9.21. The lowest BCUT2D eigenvalue weighted by Gasteiger charge is -2.37. The van der Waals surface area contributed by atoms with Crippen molar-refractivity contribution in [3.8, 4) is 0 Å². The van der Waals surface area contributed by atoms with Gasteiger partial charge in [-0.15, -0.1) is 0 Å². The average Bonchev–Trinajstić information content (AvgIpc) is 2.82. The number of nitrogens with one attached hydrogen (secondary N) is 1. The maximum absolute atomic E-state index is 3.39. The number of unbranched alkanes of at least 4 members (excludes halogenated alkanes) is 2. The van der Waals surface area contributed by atoms with Gasteiger partial charge in [0.25, 0.3) is 0 Å². The first kappa shape index (κ1) is 24.4. The van der Waals surface area contributed by atoms with Crippen LogP contribution in [0.3, 0.4) is 0 Å². The minimum Gasteiger partial charge on any atom is -0.388 e. The first-order chi connectivity index (χ1) is 15.6. The molecule has 0 amide bonds. The highest BCUT2D eigenvalue weighted by Crippen LogP contribution is 2.24. The van der Waals surface area contributed by atoms with E-state index in [0.29, 0.717) is 0 Å². The smallest absolute Gasteiger partial charge is 0.0399 e. The van der Waals surface area contributed by atoms with E-state index in [0.717, 1.165) is 25.9 Å². The van der Waals surface area contributed by atoms with Crippen LogP contribution in [0.5, 0.6) is 0 Å². The van der Waals surface area contributed by atoms with Gasteiger partial charge in [0.2, 0.25) is 0 Å². The maximum Gasteiger partial charge on any atom is 0.0399 e. The third-order valence-electron chi connectivity index (χ3n) is 6.99. The van der Waals surface area contributed by atoms with Crippen molar-refractivity contribution >= 4 is 11.4 Å². The number of hydrogen-bond acceptors (Lipinski definition) is 3. The highest BCUT2D eigenvalue weighted by molar-refractivity contribution is 5.56. The zero-order chi connectivity index (χ0) is 22.8. The quantitative estimate of drug-likeness (QED) is 0.327. The molecule has 174 valence electrons. The fraction of sp³-hybridized carbons (Fsp3) is 0.517. The highest BCUT2D eigenvalue weighted by Gasteiger charge is 2.18. The number of rotatable bonds is 11. The average molecular weight is 434 g/mol. The van der Waals surface area contributed by atoms with Gasteiger partial charge in [-0.25, -0.2) is 0 Å². The number of nitrogens with zero attached hydrogens (tertiary/aromatic N) is 2. The second kappa shape index (κ2) is 12.7. The molecular formula is C29H43N3. The van der Waals surface area contributed by atoms with Crippen LogP contribution in [0.25, 0.3) is 0 Å². The van der Waals surface area contributed by atoms with E-state index in [9.17, 15) is 0 Å². The second-order valence-electron chi connectivity index (χ2n) is 9.21. The zero-order valence-corrected chi connectivity index (χ0v) is 20.8. The molecule has 3 rings (SSSR count). The van der Waals surface area contributed by atoms with Gasteiger partial charge in [0, 0.05) is 44.6 Å². The van der Waals surface area contributed by atoms with Gasteiger partial charge in [-0.3, -0.25) is 4.90 Å². The molecule has 3 nitrogen and oxygen atoms in total. The van der Waals surface area contributed by atoms with Crippen molar-refractivity contribution in [2.45, 2.75) is 59.3 Å².